The number of aromatic nitrogens is 2. The molecule has 0 spiro atoms. The van der Waals surface area contributed by atoms with Gasteiger partial charge in [-0.25, -0.2) is 17.7 Å². The summed E-state index contributed by atoms with van der Waals surface area (Å²) in [6.07, 6.45) is 4.08. The topological polar surface area (TPSA) is 101 Å². The van der Waals surface area contributed by atoms with E-state index in [0.29, 0.717) is 23.3 Å². The van der Waals surface area contributed by atoms with E-state index >= 15 is 0 Å². The van der Waals surface area contributed by atoms with Gasteiger partial charge in [-0.05, 0) is 37.4 Å². The molecule has 1 aliphatic rings. The van der Waals surface area contributed by atoms with Crippen LogP contribution >= 0.6 is 23.6 Å². The van der Waals surface area contributed by atoms with Crippen molar-refractivity contribution in [2.24, 2.45) is 0 Å². The normalized spacial score (nSPS) is 15.9. The third-order valence-corrected chi connectivity index (χ3v) is 6.62. The van der Waals surface area contributed by atoms with Crippen LogP contribution in [0, 0.1) is 0 Å². The molecule has 0 aromatic carbocycles. The fraction of sp³-hybridized carbons (Fsp3) is 0.400. The third kappa shape index (κ3) is 3.97. The van der Waals surface area contributed by atoms with Gasteiger partial charge in [0.15, 0.2) is 0 Å². The van der Waals surface area contributed by atoms with Crippen LogP contribution in [0.15, 0.2) is 23.7 Å². The van der Waals surface area contributed by atoms with Gasteiger partial charge in [-0.1, -0.05) is 18.3 Å². The molecule has 1 aliphatic heterocycles. The molecule has 3 N–H and O–H groups in total. The number of hydrogen-bond donors (Lipinski definition) is 2. The van der Waals surface area contributed by atoms with E-state index in [-0.39, 0.29) is 17.8 Å². The van der Waals surface area contributed by atoms with Gasteiger partial charge in [0.2, 0.25) is 16.0 Å². The lowest BCUT2D eigenvalue weighted by Crippen LogP contribution is -2.46. The Hall–Kier alpha value is -1.62. The number of anilines is 2. The van der Waals surface area contributed by atoms with Crippen LogP contribution in [0.3, 0.4) is 0 Å². The Kier molecular flexibility index (Phi) is 5.32. The molecular weight excluding hydrogens is 378 g/mol. The van der Waals surface area contributed by atoms with Crippen molar-refractivity contribution in [3.8, 4) is 0 Å². The van der Waals surface area contributed by atoms with Crippen LogP contribution in [-0.4, -0.2) is 48.6 Å². The van der Waals surface area contributed by atoms with Crippen LogP contribution in [0.25, 0.3) is 0 Å². The van der Waals surface area contributed by atoms with E-state index in [2.05, 4.69) is 15.3 Å². The van der Waals surface area contributed by atoms with E-state index in [9.17, 15) is 8.42 Å². The SMILES string of the molecule is CS(=O)(=O)N(c1ncc(C(=S)c2cccs2)c(N)n1)C1CCNCC1. The fourth-order valence-electron chi connectivity index (χ4n) is 2.83. The van der Waals surface area contributed by atoms with Crippen molar-refractivity contribution in [2.75, 3.05) is 29.4 Å². The molecule has 134 valence electrons. The van der Waals surface area contributed by atoms with Gasteiger partial charge in [0, 0.05) is 11.1 Å². The number of nitrogen functional groups attached to an aromatic ring is 1. The molecule has 0 bridgehead atoms. The Morgan fingerprint density at radius 1 is 1.44 bits per heavy atom. The van der Waals surface area contributed by atoms with Crippen molar-refractivity contribution >= 4 is 50.2 Å². The second-order valence-corrected chi connectivity index (χ2v) is 9.03. The molecule has 0 unspecified atom stereocenters. The lowest BCUT2D eigenvalue weighted by Gasteiger charge is -2.32. The van der Waals surface area contributed by atoms with Gasteiger partial charge >= 0.3 is 0 Å². The summed E-state index contributed by atoms with van der Waals surface area (Å²) in [6, 6.07) is 3.63. The summed E-state index contributed by atoms with van der Waals surface area (Å²) < 4.78 is 25.9. The van der Waals surface area contributed by atoms with Crippen molar-refractivity contribution in [3.63, 3.8) is 0 Å². The Balaban J connectivity index is 1.95. The number of nitrogens with two attached hydrogens (primary N) is 1. The molecule has 3 rings (SSSR count). The number of rotatable bonds is 5. The largest absolute Gasteiger partial charge is 0.383 e. The van der Waals surface area contributed by atoms with E-state index < -0.39 is 10.0 Å². The Morgan fingerprint density at radius 3 is 2.72 bits per heavy atom. The van der Waals surface area contributed by atoms with Crippen LogP contribution in [-0.2, 0) is 10.0 Å². The highest BCUT2D eigenvalue weighted by atomic mass is 32.2. The Bertz CT molecular complexity index is 861. The summed E-state index contributed by atoms with van der Waals surface area (Å²) in [6.45, 7) is 1.51. The summed E-state index contributed by atoms with van der Waals surface area (Å²) in [5.74, 6) is 0.288. The maximum absolute atomic E-state index is 12.3. The van der Waals surface area contributed by atoms with Crippen LogP contribution in [0.2, 0.25) is 0 Å². The lowest BCUT2D eigenvalue weighted by molar-refractivity contribution is 0.451. The van der Waals surface area contributed by atoms with E-state index in [4.69, 9.17) is 18.0 Å². The van der Waals surface area contributed by atoms with Crippen molar-refractivity contribution in [1.29, 1.82) is 0 Å². The number of sulfonamides is 1. The summed E-state index contributed by atoms with van der Waals surface area (Å²) in [7, 11) is -3.52. The van der Waals surface area contributed by atoms with Gasteiger partial charge in [0.1, 0.15) is 5.82 Å². The lowest BCUT2D eigenvalue weighted by atomic mass is 10.1. The quantitative estimate of drug-likeness (QED) is 0.581. The number of thiocarbonyl (C=S) groups is 1. The molecule has 0 aliphatic carbocycles. The van der Waals surface area contributed by atoms with Gasteiger partial charge in [0.25, 0.3) is 0 Å². The molecule has 3 heterocycles. The minimum atomic E-state index is -3.52. The van der Waals surface area contributed by atoms with E-state index in [0.717, 1.165) is 18.0 Å². The predicted octanol–water partition coefficient (Wildman–Crippen LogP) is 1.40. The summed E-state index contributed by atoms with van der Waals surface area (Å²) in [4.78, 5) is 9.98. The number of piperidine rings is 1. The smallest absolute Gasteiger partial charge is 0.241 e. The van der Waals surface area contributed by atoms with E-state index in [1.54, 1.807) is 0 Å². The minimum Gasteiger partial charge on any atom is -0.383 e. The average molecular weight is 398 g/mol. The number of hydrogen-bond acceptors (Lipinski definition) is 8. The Morgan fingerprint density at radius 2 is 2.16 bits per heavy atom. The highest BCUT2D eigenvalue weighted by molar-refractivity contribution is 7.92. The molecule has 25 heavy (non-hydrogen) atoms. The molecule has 2 aromatic heterocycles. The van der Waals surface area contributed by atoms with E-state index in [1.165, 1.54) is 28.1 Å². The Labute approximate surface area is 156 Å². The van der Waals surface area contributed by atoms with Crippen molar-refractivity contribution in [3.05, 3.63) is 34.2 Å². The van der Waals surface area contributed by atoms with Gasteiger partial charge in [-0.3, -0.25) is 0 Å². The standard InChI is InChI=1S/C15H19N5O2S3/c1-25(21,22)20(10-4-6-17-7-5-10)15-18-9-11(14(16)19-15)13(23)12-3-2-8-24-12/h2-3,8-10,17H,4-7H2,1H3,(H2,16,18,19). The zero-order valence-corrected chi connectivity index (χ0v) is 16.1. The van der Waals surface area contributed by atoms with Crippen molar-refractivity contribution in [2.45, 2.75) is 18.9 Å². The van der Waals surface area contributed by atoms with Crippen LogP contribution < -0.4 is 15.4 Å². The molecular formula is C15H19N5O2S3. The second kappa shape index (κ2) is 7.32. The molecule has 1 fully saturated rings. The van der Waals surface area contributed by atoms with Crippen molar-refractivity contribution < 1.29 is 8.42 Å². The first-order valence-corrected chi connectivity index (χ1v) is 10.9. The van der Waals surface area contributed by atoms with Crippen LogP contribution in [0.1, 0.15) is 23.3 Å². The second-order valence-electron chi connectivity index (χ2n) is 5.82. The summed E-state index contributed by atoms with van der Waals surface area (Å²) in [5, 5.41) is 5.15. The molecule has 7 nitrogen and oxygen atoms in total. The summed E-state index contributed by atoms with van der Waals surface area (Å²) >= 11 is 6.95. The molecule has 0 amide bonds. The zero-order chi connectivity index (χ0) is 18.0. The number of thiophene rings is 1. The molecule has 2 aromatic rings. The predicted molar refractivity (Wildman–Crippen MR) is 105 cm³/mol. The van der Waals surface area contributed by atoms with Crippen LogP contribution in [0.5, 0.6) is 0 Å². The first-order chi connectivity index (χ1) is 11.9. The first-order valence-electron chi connectivity index (χ1n) is 7.79. The van der Waals surface area contributed by atoms with Gasteiger partial charge < -0.3 is 11.1 Å². The molecule has 10 heteroatoms. The molecule has 0 radical (unpaired) electrons. The monoisotopic (exact) mass is 397 g/mol. The number of nitrogens with zero attached hydrogens (tertiary/aromatic N) is 3. The highest BCUT2D eigenvalue weighted by Crippen LogP contribution is 2.25. The van der Waals surface area contributed by atoms with Crippen molar-refractivity contribution in [1.82, 2.24) is 15.3 Å². The fourth-order valence-corrected chi connectivity index (χ4v) is 5.01. The van der Waals surface area contributed by atoms with Gasteiger partial charge in [0.05, 0.1) is 22.7 Å². The molecule has 0 atom stereocenters. The van der Waals surface area contributed by atoms with Gasteiger partial charge in [-0.15, -0.1) is 11.3 Å². The highest BCUT2D eigenvalue weighted by Gasteiger charge is 2.31. The third-order valence-electron chi connectivity index (χ3n) is 3.99. The maximum atomic E-state index is 12.3. The zero-order valence-electron chi connectivity index (χ0n) is 13.7. The first kappa shape index (κ1) is 18.2. The minimum absolute atomic E-state index is 0.102. The van der Waals surface area contributed by atoms with Crippen LogP contribution in [0.4, 0.5) is 11.8 Å². The number of nitrogens with one attached hydrogen (secondary N) is 1. The molecule has 0 saturated carbocycles. The molecule has 1 saturated heterocycles. The van der Waals surface area contributed by atoms with E-state index in [1.807, 2.05) is 17.5 Å². The summed E-state index contributed by atoms with van der Waals surface area (Å²) in [5.41, 5.74) is 6.61. The average Bonchev–Trinajstić information content (AvgIpc) is 3.09. The maximum Gasteiger partial charge on any atom is 0.241 e. The van der Waals surface area contributed by atoms with Gasteiger partial charge in [-0.2, -0.15) is 4.98 Å².